The zero-order chi connectivity index (χ0) is 74.6. The van der Waals surface area contributed by atoms with Crippen LogP contribution >= 0.6 is 15.6 Å². The van der Waals surface area contributed by atoms with Crippen LogP contribution in [0.3, 0.4) is 0 Å². The third kappa shape index (κ3) is 73.3. The average molecular weight is 1470 g/mol. The van der Waals surface area contributed by atoms with E-state index in [-0.39, 0.29) is 25.7 Å². The van der Waals surface area contributed by atoms with E-state index in [0.29, 0.717) is 38.5 Å². The number of unbranched alkanes of at least 4 members (excludes halogenated alkanes) is 22. The van der Waals surface area contributed by atoms with Crippen LogP contribution in [0.1, 0.15) is 297 Å². The van der Waals surface area contributed by atoms with Gasteiger partial charge in [-0.1, -0.05) is 289 Å². The SMILES string of the molecule is CC/C=C\C/C=C\C/C=C\C/C=C\C/C=C\C/C=C\CCC(=O)OCC(COP(=O)(O)OCC(O)COP(=O)(O)OCC(COC(=O)CCC/C=C\C/C=C\C/C=C\C/C=C\C/C=C\CC)OC(=O)CCCCCCC/C=C\CCCCCCCC)OC(=O)CCCCCCCCCCCCC. The third-order valence-electron chi connectivity index (χ3n) is 15.8. The minimum atomic E-state index is -5.00. The summed E-state index contributed by atoms with van der Waals surface area (Å²) in [6, 6.07) is 0. The van der Waals surface area contributed by atoms with Crippen molar-refractivity contribution in [2.45, 2.75) is 316 Å². The van der Waals surface area contributed by atoms with Gasteiger partial charge in [0.2, 0.25) is 0 Å². The predicted octanol–water partition coefficient (Wildman–Crippen LogP) is 22.7. The first-order valence-electron chi connectivity index (χ1n) is 39.1. The number of aliphatic hydroxyl groups is 1. The van der Waals surface area contributed by atoms with Crippen LogP contribution in [0.15, 0.2) is 146 Å². The second-order valence-corrected chi connectivity index (χ2v) is 28.4. The Hall–Kier alpha value is -5.06. The maximum atomic E-state index is 13.1. The van der Waals surface area contributed by atoms with E-state index in [9.17, 15) is 43.2 Å². The van der Waals surface area contributed by atoms with Crippen LogP contribution in [0.25, 0.3) is 0 Å². The second kappa shape index (κ2) is 74.2. The molecule has 582 valence electrons. The molecule has 0 bridgehead atoms. The highest BCUT2D eigenvalue weighted by Crippen LogP contribution is 2.45. The average Bonchev–Trinajstić information content (AvgIpc) is 0.926. The smallest absolute Gasteiger partial charge is 0.462 e. The molecule has 0 aliphatic carbocycles. The minimum absolute atomic E-state index is 0.0332. The van der Waals surface area contributed by atoms with Crippen LogP contribution in [0, 0.1) is 0 Å². The van der Waals surface area contributed by atoms with Gasteiger partial charge in [0.05, 0.1) is 26.4 Å². The number of ether oxygens (including phenoxy) is 4. The molecule has 0 aromatic carbocycles. The van der Waals surface area contributed by atoms with Gasteiger partial charge in [-0.25, -0.2) is 9.13 Å². The second-order valence-electron chi connectivity index (χ2n) is 25.5. The summed E-state index contributed by atoms with van der Waals surface area (Å²) in [5.41, 5.74) is 0. The summed E-state index contributed by atoms with van der Waals surface area (Å²) in [6.45, 7) is 4.47. The summed E-state index contributed by atoms with van der Waals surface area (Å²) in [4.78, 5) is 72.8. The fraction of sp³-hybridized carbons (Fsp3) is 0.663. The Kier molecular flexibility index (Phi) is 70.5. The number of carbonyl (C=O) groups is 4. The van der Waals surface area contributed by atoms with E-state index in [0.717, 1.165) is 128 Å². The van der Waals surface area contributed by atoms with Crippen molar-refractivity contribution in [2.75, 3.05) is 39.6 Å². The van der Waals surface area contributed by atoms with Crippen LogP contribution in [-0.2, 0) is 65.4 Å². The van der Waals surface area contributed by atoms with Crippen LogP contribution in [0.2, 0.25) is 0 Å². The maximum absolute atomic E-state index is 13.1. The Morgan fingerprint density at radius 2 is 0.539 bits per heavy atom. The first-order valence-corrected chi connectivity index (χ1v) is 42.1. The summed E-state index contributed by atoms with van der Waals surface area (Å²) in [6.07, 6.45) is 84.3. The molecule has 0 rings (SSSR count). The molecule has 0 aromatic heterocycles. The van der Waals surface area contributed by atoms with Crippen molar-refractivity contribution in [3.63, 3.8) is 0 Å². The van der Waals surface area contributed by atoms with E-state index < -0.39 is 97.5 Å². The Morgan fingerprint density at radius 1 is 0.284 bits per heavy atom. The summed E-state index contributed by atoms with van der Waals surface area (Å²) >= 11 is 0. The lowest BCUT2D eigenvalue weighted by molar-refractivity contribution is -0.161. The molecule has 0 saturated carbocycles. The molecule has 5 unspecified atom stereocenters. The molecule has 0 aliphatic heterocycles. The molecule has 19 heteroatoms. The Bertz CT molecular complexity index is 2510. The lowest BCUT2D eigenvalue weighted by Gasteiger charge is -2.21. The Labute approximate surface area is 617 Å². The molecule has 0 heterocycles. The highest BCUT2D eigenvalue weighted by Gasteiger charge is 2.30. The van der Waals surface area contributed by atoms with Gasteiger partial charge < -0.3 is 33.8 Å². The van der Waals surface area contributed by atoms with Crippen molar-refractivity contribution in [1.29, 1.82) is 0 Å². The fourth-order valence-corrected chi connectivity index (χ4v) is 11.5. The molecule has 0 radical (unpaired) electrons. The molecule has 102 heavy (non-hydrogen) atoms. The van der Waals surface area contributed by atoms with Gasteiger partial charge in [-0.05, 0) is 128 Å². The highest BCUT2D eigenvalue weighted by atomic mass is 31.2. The van der Waals surface area contributed by atoms with E-state index in [1.165, 1.54) is 77.0 Å². The summed E-state index contributed by atoms with van der Waals surface area (Å²) in [5, 5.41) is 10.6. The van der Waals surface area contributed by atoms with Gasteiger partial charge in [0, 0.05) is 25.7 Å². The summed E-state index contributed by atoms with van der Waals surface area (Å²) in [7, 11) is -9.99. The quantitative estimate of drug-likeness (QED) is 0.0169. The maximum Gasteiger partial charge on any atom is 0.472 e. The number of hydrogen-bond acceptors (Lipinski definition) is 15. The van der Waals surface area contributed by atoms with Gasteiger partial charge in [-0.2, -0.15) is 0 Å². The van der Waals surface area contributed by atoms with Crippen molar-refractivity contribution < 1.29 is 80.2 Å². The van der Waals surface area contributed by atoms with Gasteiger partial charge in [0.25, 0.3) is 0 Å². The van der Waals surface area contributed by atoms with Crippen LogP contribution in [0.5, 0.6) is 0 Å². The normalized spacial score (nSPS) is 14.7. The van der Waals surface area contributed by atoms with Gasteiger partial charge in [-0.3, -0.25) is 37.3 Å². The van der Waals surface area contributed by atoms with Gasteiger partial charge in [0.1, 0.15) is 19.3 Å². The van der Waals surface area contributed by atoms with E-state index >= 15 is 0 Å². The number of rotatable bonds is 72. The van der Waals surface area contributed by atoms with Crippen LogP contribution in [-0.4, -0.2) is 96.7 Å². The molecular formula is C83H138O17P2. The monoisotopic (exact) mass is 1470 g/mol. The number of esters is 4. The summed E-state index contributed by atoms with van der Waals surface area (Å²) < 4.78 is 68.4. The number of aliphatic hydroxyl groups excluding tert-OH is 1. The number of allylic oxidation sites excluding steroid dienone is 24. The van der Waals surface area contributed by atoms with E-state index in [4.69, 9.17) is 37.0 Å². The largest absolute Gasteiger partial charge is 0.472 e. The Morgan fingerprint density at radius 3 is 0.882 bits per heavy atom. The fourth-order valence-electron chi connectivity index (χ4n) is 9.92. The van der Waals surface area contributed by atoms with E-state index in [1.807, 2.05) is 30.4 Å². The predicted molar refractivity (Wildman–Crippen MR) is 417 cm³/mol. The molecule has 5 atom stereocenters. The van der Waals surface area contributed by atoms with E-state index in [1.54, 1.807) is 0 Å². The summed E-state index contributed by atoms with van der Waals surface area (Å²) in [5.74, 6) is -2.35. The standard InChI is InChI=1S/C83H138O17P2/c1-5-9-13-17-21-25-29-32-35-37-38-40-43-45-49-52-56-60-64-68-80(85)93-73-78(99-82(87)69-65-61-57-53-47-28-24-20-16-12-8-4)75-97-101(89,90)95-71-77(84)72-96-102(91,92)98-76-79(100-83(88)70-66-62-58-54-50-46-41-34-31-27-23-19-15-11-7-3)74-94-81(86)67-63-59-55-51-48-44-42-39-36-33-30-26-22-18-14-10-6-2/h9-10,13-14,21-22,25-26,32-36,38,40-42,44-45,49,51,55-56,60,77-79,84H,5-8,11-12,15-20,23-24,27-31,37,39,43,46-48,50,52-54,57-59,61-76H2,1-4H3,(H,89,90)(H,91,92)/b13-9-,14-10-,25-21-,26-22-,35-32-,36-33-,40-38-,41-34-,44-42-,49-45-,55-51-,60-56-. The molecule has 0 fully saturated rings. The first kappa shape index (κ1) is 96.9. The lowest BCUT2D eigenvalue weighted by Crippen LogP contribution is -2.30. The van der Waals surface area contributed by atoms with Crippen molar-refractivity contribution in [2.24, 2.45) is 0 Å². The zero-order valence-corrected chi connectivity index (χ0v) is 65.3. The Balaban J connectivity index is 5.44. The number of carbonyl (C=O) groups excluding carboxylic acids is 4. The van der Waals surface area contributed by atoms with Crippen molar-refractivity contribution in [3.8, 4) is 0 Å². The highest BCUT2D eigenvalue weighted by molar-refractivity contribution is 7.47. The number of hydrogen-bond donors (Lipinski definition) is 3. The lowest BCUT2D eigenvalue weighted by atomic mass is 10.1. The zero-order valence-electron chi connectivity index (χ0n) is 63.5. The van der Waals surface area contributed by atoms with Crippen molar-refractivity contribution in [3.05, 3.63) is 146 Å². The molecule has 0 spiro atoms. The molecule has 0 amide bonds. The molecule has 0 aliphatic rings. The molecule has 3 N–H and O–H groups in total. The third-order valence-corrected chi connectivity index (χ3v) is 17.7. The van der Waals surface area contributed by atoms with Gasteiger partial charge in [-0.15, -0.1) is 0 Å². The molecule has 0 aromatic rings. The van der Waals surface area contributed by atoms with Gasteiger partial charge >= 0.3 is 39.5 Å². The first-order chi connectivity index (χ1) is 49.7. The number of phosphoric ester groups is 2. The number of phosphoric acid groups is 2. The van der Waals surface area contributed by atoms with Crippen molar-refractivity contribution >= 4 is 39.5 Å². The van der Waals surface area contributed by atoms with E-state index in [2.05, 4.69) is 143 Å². The minimum Gasteiger partial charge on any atom is -0.462 e. The van der Waals surface area contributed by atoms with Gasteiger partial charge in [0.15, 0.2) is 12.2 Å². The topological polar surface area (TPSA) is 237 Å². The molecule has 17 nitrogen and oxygen atoms in total. The van der Waals surface area contributed by atoms with Crippen molar-refractivity contribution in [1.82, 2.24) is 0 Å². The molecule has 0 saturated heterocycles. The van der Waals surface area contributed by atoms with Crippen LogP contribution < -0.4 is 0 Å². The molecular weight excluding hydrogens is 1330 g/mol. The van der Waals surface area contributed by atoms with Crippen LogP contribution in [0.4, 0.5) is 0 Å².